The van der Waals surface area contributed by atoms with Crippen LogP contribution in [0.5, 0.6) is 0 Å². The third-order valence-corrected chi connectivity index (χ3v) is 11.5. The molecule has 12 nitrogen and oxygen atoms in total. The van der Waals surface area contributed by atoms with Crippen LogP contribution >= 0.6 is 11.3 Å². The van der Waals surface area contributed by atoms with Gasteiger partial charge in [0.1, 0.15) is 5.00 Å². The molecule has 3 aliphatic rings. The number of fused-ring (bicyclic) bond motifs is 1. The summed E-state index contributed by atoms with van der Waals surface area (Å²) < 4.78 is 38.4. The average molecular weight is 648 g/mol. The molecule has 2 saturated heterocycles. The third kappa shape index (κ3) is 6.50. The Labute approximate surface area is 262 Å². The van der Waals surface area contributed by atoms with Gasteiger partial charge >= 0.3 is 6.09 Å². The van der Waals surface area contributed by atoms with E-state index in [0.29, 0.717) is 43.3 Å². The minimum atomic E-state index is -3.82. The van der Waals surface area contributed by atoms with Gasteiger partial charge in [-0.2, -0.15) is 4.31 Å². The SMILES string of the molecule is CCOC(=O)N1CCN(S(=O)(=O)c2ccc(C(=O)Nc3sc4c(c3C(=O)N3CCOCC3)CC(C)(C)NC4(C)C)cc2)CC1. The van der Waals surface area contributed by atoms with E-state index in [4.69, 9.17) is 9.47 Å². The molecule has 0 saturated carbocycles. The normalized spacial score (nSPS) is 20.1. The highest BCUT2D eigenvalue weighted by Gasteiger charge is 2.42. The van der Waals surface area contributed by atoms with Gasteiger partial charge in [-0.3, -0.25) is 9.59 Å². The first-order valence-corrected chi connectivity index (χ1v) is 17.1. The lowest BCUT2D eigenvalue weighted by atomic mass is 9.81. The summed E-state index contributed by atoms with van der Waals surface area (Å²) in [5.74, 6) is -0.559. The first kappa shape index (κ1) is 32.4. The molecular weight excluding hydrogens is 606 g/mol. The van der Waals surface area contributed by atoms with Crippen LogP contribution in [0.4, 0.5) is 9.80 Å². The van der Waals surface area contributed by atoms with Crippen molar-refractivity contribution in [2.75, 3.05) is 64.4 Å². The van der Waals surface area contributed by atoms with Crippen molar-refractivity contribution < 1.29 is 32.3 Å². The molecule has 0 spiro atoms. The second kappa shape index (κ2) is 12.4. The Morgan fingerprint density at radius 2 is 1.61 bits per heavy atom. The van der Waals surface area contributed by atoms with Gasteiger partial charge in [-0.25, -0.2) is 13.2 Å². The lowest BCUT2D eigenvalue weighted by Gasteiger charge is -2.42. The largest absolute Gasteiger partial charge is 0.450 e. The van der Waals surface area contributed by atoms with Crippen molar-refractivity contribution in [3.8, 4) is 0 Å². The van der Waals surface area contributed by atoms with Crippen molar-refractivity contribution in [3.05, 3.63) is 45.8 Å². The number of sulfonamides is 1. The van der Waals surface area contributed by atoms with Crippen LogP contribution in [0.1, 0.15) is 65.8 Å². The van der Waals surface area contributed by atoms with E-state index in [1.807, 2.05) is 0 Å². The maximum atomic E-state index is 13.9. The molecule has 2 N–H and O–H groups in total. The molecule has 0 aliphatic carbocycles. The zero-order valence-electron chi connectivity index (χ0n) is 25.9. The predicted octanol–water partition coefficient (Wildman–Crippen LogP) is 3.10. The van der Waals surface area contributed by atoms with Crippen molar-refractivity contribution in [3.63, 3.8) is 0 Å². The fourth-order valence-electron chi connectivity index (χ4n) is 6.19. The van der Waals surface area contributed by atoms with Crippen LogP contribution in [-0.4, -0.2) is 105 Å². The number of hydrogen-bond acceptors (Lipinski definition) is 9. The number of thiophene rings is 1. The molecule has 240 valence electrons. The first-order valence-electron chi connectivity index (χ1n) is 14.9. The average Bonchev–Trinajstić information content (AvgIpc) is 3.34. The number of morpholine rings is 1. The Kier molecular flexibility index (Phi) is 9.11. The Hall–Kier alpha value is -3.04. The fourth-order valence-corrected chi connectivity index (χ4v) is 8.88. The van der Waals surface area contributed by atoms with Crippen LogP contribution < -0.4 is 10.6 Å². The van der Waals surface area contributed by atoms with Crippen LogP contribution in [-0.2, 0) is 31.5 Å². The maximum Gasteiger partial charge on any atom is 0.409 e. The van der Waals surface area contributed by atoms with E-state index in [0.717, 1.165) is 10.4 Å². The monoisotopic (exact) mass is 647 g/mol. The number of amides is 3. The number of ether oxygens (including phenoxy) is 2. The Morgan fingerprint density at radius 1 is 0.977 bits per heavy atom. The molecule has 0 radical (unpaired) electrons. The topological polar surface area (TPSA) is 138 Å². The van der Waals surface area contributed by atoms with Crippen molar-refractivity contribution in [1.29, 1.82) is 0 Å². The van der Waals surface area contributed by atoms with E-state index in [2.05, 4.69) is 38.3 Å². The Bertz CT molecular complexity index is 1520. The Balaban J connectivity index is 1.36. The highest BCUT2D eigenvalue weighted by molar-refractivity contribution is 7.89. The van der Waals surface area contributed by atoms with E-state index in [9.17, 15) is 22.8 Å². The van der Waals surface area contributed by atoms with Gasteiger partial charge in [0.2, 0.25) is 10.0 Å². The van der Waals surface area contributed by atoms with Gasteiger partial charge < -0.3 is 29.9 Å². The molecular formula is C30H41N5O7S2. The lowest BCUT2D eigenvalue weighted by molar-refractivity contribution is 0.0302. The molecule has 0 unspecified atom stereocenters. The molecule has 2 aromatic rings. The summed E-state index contributed by atoms with van der Waals surface area (Å²) in [7, 11) is -3.82. The summed E-state index contributed by atoms with van der Waals surface area (Å²) in [5.41, 5.74) is 1.06. The molecule has 44 heavy (non-hydrogen) atoms. The minimum absolute atomic E-state index is 0.0588. The number of carbonyl (C=O) groups is 3. The number of nitrogens with zero attached hydrogens (tertiary/aromatic N) is 3. The summed E-state index contributed by atoms with van der Waals surface area (Å²) in [6.45, 7) is 13.0. The van der Waals surface area contributed by atoms with Crippen molar-refractivity contribution >= 4 is 44.3 Å². The zero-order chi connectivity index (χ0) is 31.9. The maximum absolute atomic E-state index is 13.9. The number of piperazine rings is 1. The number of hydrogen-bond donors (Lipinski definition) is 2. The van der Waals surface area contributed by atoms with Gasteiger partial charge in [0.15, 0.2) is 0 Å². The van der Waals surface area contributed by atoms with Crippen molar-refractivity contribution in [2.45, 2.75) is 57.0 Å². The van der Waals surface area contributed by atoms with E-state index < -0.39 is 27.6 Å². The fraction of sp³-hybridized carbons (Fsp3) is 0.567. The predicted molar refractivity (Wildman–Crippen MR) is 167 cm³/mol. The lowest BCUT2D eigenvalue weighted by Crippen LogP contribution is -2.55. The highest BCUT2D eigenvalue weighted by Crippen LogP contribution is 2.45. The number of rotatable bonds is 6. The molecule has 5 rings (SSSR count). The quantitative estimate of drug-likeness (QED) is 0.488. The summed E-state index contributed by atoms with van der Waals surface area (Å²) in [6.07, 6.45) is 0.175. The summed E-state index contributed by atoms with van der Waals surface area (Å²) >= 11 is 1.40. The smallest absolute Gasteiger partial charge is 0.409 e. The molecule has 14 heteroatoms. The van der Waals surface area contributed by atoms with Crippen LogP contribution in [0.25, 0.3) is 0 Å². The second-order valence-corrected chi connectivity index (χ2v) is 15.4. The van der Waals surface area contributed by atoms with Gasteiger partial charge in [0, 0.05) is 60.8 Å². The van der Waals surface area contributed by atoms with Gasteiger partial charge in [-0.05, 0) is 70.9 Å². The highest BCUT2D eigenvalue weighted by atomic mass is 32.2. The Morgan fingerprint density at radius 3 is 2.23 bits per heavy atom. The van der Waals surface area contributed by atoms with Crippen LogP contribution in [0.2, 0.25) is 0 Å². The molecule has 2 fully saturated rings. The van der Waals surface area contributed by atoms with E-state index in [1.54, 1.807) is 11.8 Å². The number of anilines is 1. The molecule has 3 aliphatic heterocycles. The number of carbonyl (C=O) groups excluding carboxylic acids is 3. The summed E-state index contributed by atoms with van der Waals surface area (Å²) in [4.78, 5) is 43.7. The van der Waals surface area contributed by atoms with Gasteiger partial charge in [-0.15, -0.1) is 11.3 Å². The summed E-state index contributed by atoms with van der Waals surface area (Å²) in [6, 6.07) is 5.78. The minimum Gasteiger partial charge on any atom is -0.450 e. The molecule has 3 amide bonds. The van der Waals surface area contributed by atoms with Crippen molar-refractivity contribution in [1.82, 2.24) is 19.4 Å². The molecule has 1 aromatic heterocycles. The standard InChI is InChI=1S/C30H41N5O7S2/c1-6-42-28(38)34-11-13-35(14-12-34)44(39,40)21-9-7-20(8-10-21)25(36)31-26-23(27(37)33-15-17-41-18-16-33)22-19-29(2,3)32-30(4,5)24(22)43-26/h7-10,32H,6,11-19H2,1-5H3,(H,31,36). The first-order chi connectivity index (χ1) is 20.7. The van der Waals surface area contributed by atoms with Crippen molar-refractivity contribution in [2.24, 2.45) is 0 Å². The van der Waals surface area contributed by atoms with Gasteiger partial charge in [0.25, 0.3) is 11.8 Å². The van der Waals surface area contributed by atoms with E-state index >= 15 is 0 Å². The molecule has 4 heterocycles. The zero-order valence-corrected chi connectivity index (χ0v) is 27.5. The number of nitrogens with one attached hydrogen (secondary N) is 2. The van der Waals surface area contributed by atoms with E-state index in [1.165, 1.54) is 44.8 Å². The molecule has 0 atom stereocenters. The van der Waals surface area contributed by atoms with Crippen LogP contribution in [0.3, 0.4) is 0 Å². The van der Waals surface area contributed by atoms with Crippen LogP contribution in [0.15, 0.2) is 29.2 Å². The van der Waals surface area contributed by atoms with E-state index in [-0.39, 0.29) is 54.7 Å². The molecule has 1 aromatic carbocycles. The second-order valence-electron chi connectivity index (χ2n) is 12.4. The number of benzene rings is 1. The molecule has 0 bridgehead atoms. The summed E-state index contributed by atoms with van der Waals surface area (Å²) in [5, 5.41) is 7.13. The third-order valence-electron chi connectivity index (χ3n) is 8.10. The van der Waals surface area contributed by atoms with Crippen LogP contribution in [0, 0.1) is 0 Å². The van der Waals surface area contributed by atoms with Gasteiger partial charge in [-0.1, -0.05) is 0 Å². The van der Waals surface area contributed by atoms with Gasteiger partial charge in [0.05, 0.1) is 30.3 Å².